The van der Waals surface area contributed by atoms with Crippen molar-refractivity contribution in [2.24, 2.45) is 0 Å². The molecule has 1 atom stereocenters. The van der Waals surface area contributed by atoms with Gasteiger partial charge < -0.3 is 5.32 Å². The maximum absolute atomic E-state index is 4.16. The fourth-order valence-corrected chi connectivity index (χ4v) is 2.87. The molecule has 0 aromatic carbocycles. The van der Waals surface area contributed by atoms with Crippen molar-refractivity contribution in [2.45, 2.75) is 18.9 Å². The van der Waals surface area contributed by atoms with Gasteiger partial charge in [-0.1, -0.05) is 6.07 Å². The predicted octanol–water partition coefficient (Wildman–Crippen LogP) is 2.56. The highest BCUT2D eigenvalue weighted by atomic mass is 32.1. The summed E-state index contributed by atoms with van der Waals surface area (Å²) in [6, 6.07) is 4.69. The van der Waals surface area contributed by atoms with Crippen LogP contribution < -0.4 is 5.32 Å². The molecule has 1 aliphatic rings. The predicted molar refractivity (Wildman–Crippen MR) is 61.9 cm³/mol. The maximum atomic E-state index is 4.16. The Hall–Kier alpha value is -1.13. The van der Waals surface area contributed by atoms with E-state index in [4.69, 9.17) is 0 Å². The number of thiophene rings is 1. The Morgan fingerprint density at radius 1 is 1.47 bits per heavy atom. The number of nitrogens with zero attached hydrogens (tertiary/aromatic N) is 1. The molecular formula is C11H13N3S. The van der Waals surface area contributed by atoms with Crippen molar-refractivity contribution in [3.8, 4) is 10.4 Å². The number of hydrogen-bond acceptors (Lipinski definition) is 3. The molecule has 3 heterocycles. The lowest BCUT2D eigenvalue weighted by Gasteiger charge is -2.09. The number of aromatic nitrogens is 2. The molecule has 2 N–H and O–H groups in total. The van der Waals surface area contributed by atoms with Crippen molar-refractivity contribution < 1.29 is 0 Å². The standard InChI is InChI=1S/C11H13N3S/c1-3-9(12-5-1)11-8(7-13-14-11)10-4-2-6-15-10/h2,4,6-7,9,12H,1,3,5H2,(H,13,14). The van der Waals surface area contributed by atoms with E-state index in [-0.39, 0.29) is 0 Å². The van der Waals surface area contributed by atoms with E-state index in [0.29, 0.717) is 6.04 Å². The summed E-state index contributed by atoms with van der Waals surface area (Å²) in [6.07, 6.45) is 4.40. The van der Waals surface area contributed by atoms with Crippen molar-refractivity contribution in [3.05, 3.63) is 29.4 Å². The molecule has 0 saturated carbocycles. The van der Waals surface area contributed by atoms with Crippen LogP contribution in [0.4, 0.5) is 0 Å². The summed E-state index contributed by atoms with van der Waals surface area (Å²) in [5, 5.41) is 12.9. The van der Waals surface area contributed by atoms with E-state index in [1.54, 1.807) is 11.3 Å². The number of hydrogen-bond donors (Lipinski definition) is 2. The van der Waals surface area contributed by atoms with E-state index in [9.17, 15) is 0 Å². The fourth-order valence-electron chi connectivity index (χ4n) is 2.12. The molecule has 1 unspecified atom stereocenters. The van der Waals surface area contributed by atoms with E-state index in [0.717, 1.165) is 6.54 Å². The van der Waals surface area contributed by atoms with Gasteiger partial charge in [0.1, 0.15) is 0 Å². The van der Waals surface area contributed by atoms with Crippen LogP contribution in [0.5, 0.6) is 0 Å². The Labute approximate surface area is 92.5 Å². The van der Waals surface area contributed by atoms with E-state index < -0.39 is 0 Å². The number of H-pyrrole nitrogens is 1. The summed E-state index contributed by atoms with van der Waals surface area (Å²) in [5.74, 6) is 0. The lowest BCUT2D eigenvalue weighted by atomic mass is 10.1. The van der Waals surface area contributed by atoms with Gasteiger partial charge >= 0.3 is 0 Å². The molecular weight excluding hydrogens is 206 g/mol. The van der Waals surface area contributed by atoms with Gasteiger partial charge in [0, 0.05) is 16.5 Å². The minimum Gasteiger partial charge on any atom is -0.309 e. The molecule has 3 rings (SSSR count). The van der Waals surface area contributed by atoms with Crippen LogP contribution in [0.2, 0.25) is 0 Å². The monoisotopic (exact) mass is 219 g/mol. The van der Waals surface area contributed by atoms with Gasteiger partial charge in [-0.15, -0.1) is 11.3 Å². The summed E-state index contributed by atoms with van der Waals surface area (Å²) in [4.78, 5) is 1.30. The molecule has 0 bridgehead atoms. The molecule has 78 valence electrons. The van der Waals surface area contributed by atoms with Crippen molar-refractivity contribution in [3.63, 3.8) is 0 Å². The Bertz CT molecular complexity index is 426. The molecule has 3 nitrogen and oxygen atoms in total. The molecule has 0 aliphatic carbocycles. The Balaban J connectivity index is 1.98. The molecule has 1 aliphatic heterocycles. The molecule has 2 aromatic heterocycles. The van der Waals surface area contributed by atoms with Gasteiger partial charge in [0.25, 0.3) is 0 Å². The maximum Gasteiger partial charge on any atom is 0.0608 e. The molecule has 0 spiro atoms. The first-order valence-corrected chi connectivity index (χ1v) is 6.13. The minimum atomic E-state index is 0.463. The normalized spacial score (nSPS) is 20.9. The van der Waals surface area contributed by atoms with E-state index in [1.165, 1.54) is 29.0 Å². The third-order valence-electron chi connectivity index (χ3n) is 2.86. The fraction of sp³-hybridized carbons (Fsp3) is 0.364. The van der Waals surface area contributed by atoms with Gasteiger partial charge in [0.05, 0.1) is 11.9 Å². The van der Waals surface area contributed by atoms with Crippen LogP contribution in [-0.4, -0.2) is 16.7 Å². The topological polar surface area (TPSA) is 40.7 Å². The first kappa shape index (κ1) is 9.12. The molecule has 15 heavy (non-hydrogen) atoms. The Kier molecular flexibility index (Phi) is 2.31. The molecule has 4 heteroatoms. The second kappa shape index (κ2) is 3.79. The summed E-state index contributed by atoms with van der Waals surface area (Å²) in [7, 11) is 0. The molecule has 1 saturated heterocycles. The average molecular weight is 219 g/mol. The summed E-state index contributed by atoms with van der Waals surface area (Å²) >= 11 is 1.77. The molecule has 0 radical (unpaired) electrons. The average Bonchev–Trinajstić information content (AvgIpc) is 3.01. The van der Waals surface area contributed by atoms with Crippen LogP contribution in [-0.2, 0) is 0 Å². The van der Waals surface area contributed by atoms with Crippen LogP contribution >= 0.6 is 11.3 Å². The molecule has 2 aromatic rings. The Morgan fingerprint density at radius 2 is 2.47 bits per heavy atom. The van der Waals surface area contributed by atoms with E-state index in [1.807, 2.05) is 6.20 Å². The largest absolute Gasteiger partial charge is 0.309 e. The van der Waals surface area contributed by atoms with E-state index in [2.05, 4.69) is 33.0 Å². The van der Waals surface area contributed by atoms with Gasteiger partial charge in [-0.2, -0.15) is 5.10 Å². The second-order valence-corrected chi connectivity index (χ2v) is 4.77. The second-order valence-electron chi connectivity index (χ2n) is 3.82. The van der Waals surface area contributed by atoms with Crippen molar-refractivity contribution in [2.75, 3.05) is 6.54 Å². The van der Waals surface area contributed by atoms with Crippen LogP contribution in [0.1, 0.15) is 24.6 Å². The van der Waals surface area contributed by atoms with Gasteiger partial charge in [-0.3, -0.25) is 5.10 Å². The van der Waals surface area contributed by atoms with Crippen LogP contribution in [0, 0.1) is 0 Å². The smallest absolute Gasteiger partial charge is 0.0608 e. The zero-order chi connectivity index (χ0) is 10.1. The van der Waals surface area contributed by atoms with Crippen LogP contribution in [0.25, 0.3) is 10.4 Å². The zero-order valence-corrected chi connectivity index (χ0v) is 9.18. The summed E-state index contributed by atoms with van der Waals surface area (Å²) in [6.45, 7) is 1.12. The van der Waals surface area contributed by atoms with E-state index >= 15 is 0 Å². The lowest BCUT2D eigenvalue weighted by molar-refractivity contribution is 0.627. The van der Waals surface area contributed by atoms with Crippen LogP contribution in [0.3, 0.4) is 0 Å². The number of aromatic amines is 1. The molecule has 1 fully saturated rings. The summed E-state index contributed by atoms with van der Waals surface area (Å²) < 4.78 is 0. The quantitative estimate of drug-likeness (QED) is 0.815. The highest BCUT2D eigenvalue weighted by Gasteiger charge is 2.21. The van der Waals surface area contributed by atoms with Crippen LogP contribution in [0.15, 0.2) is 23.7 Å². The zero-order valence-electron chi connectivity index (χ0n) is 8.36. The van der Waals surface area contributed by atoms with Gasteiger partial charge in [0.2, 0.25) is 0 Å². The van der Waals surface area contributed by atoms with Crippen molar-refractivity contribution in [1.29, 1.82) is 0 Å². The first-order chi connectivity index (χ1) is 7.45. The SMILES string of the molecule is c1csc(-c2cn[nH]c2C2CCCN2)c1. The van der Waals surface area contributed by atoms with Gasteiger partial charge in [-0.05, 0) is 30.8 Å². The Morgan fingerprint density at radius 3 is 3.20 bits per heavy atom. The summed E-state index contributed by atoms with van der Waals surface area (Å²) in [5.41, 5.74) is 2.50. The van der Waals surface area contributed by atoms with Gasteiger partial charge in [0.15, 0.2) is 0 Å². The highest BCUT2D eigenvalue weighted by Crippen LogP contribution is 2.32. The third-order valence-corrected chi connectivity index (χ3v) is 3.77. The van der Waals surface area contributed by atoms with Crippen molar-refractivity contribution >= 4 is 11.3 Å². The lowest BCUT2D eigenvalue weighted by Crippen LogP contribution is -2.13. The van der Waals surface area contributed by atoms with Gasteiger partial charge in [-0.25, -0.2) is 0 Å². The molecule has 0 amide bonds. The first-order valence-electron chi connectivity index (χ1n) is 5.25. The van der Waals surface area contributed by atoms with Crippen molar-refractivity contribution in [1.82, 2.24) is 15.5 Å². The number of rotatable bonds is 2. The highest BCUT2D eigenvalue weighted by molar-refractivity contribution is 7.13. The number of nitrogens with one attached hydrogen (secondary N) is 2. The minimum absolute atomic E-state index is 0.463. The third kappa shape index (κ3) is 1.60.